The Hall–Kier alpha value is -2.12. The van der Waals surface area contributed by atoms with E-state index >= 15 is 0 Å². The number of carbonyl (C=O) groups is 1. The number of primary sulfonamides is 1. The van der Waals surface area contributed by atoms with Crippen LogP contribution in [0.15, 0.2) is 53.1 Å². The fourth-order valence-corrected chi connectivity index (χ4v) is 2.63. The van der Waals surface area contributed by atoms with Crippen molar-refractivity contribution < 1.29 is 17.6 Å². The summed E-state index contributed by atoms with van der Waals surface area (Å²) < 4.78 is 27.1. The molecule has 1 amide bonds. The van der Waals surface area contributed by atoms with E-state index in [1.165, 1.54) is 0 Å². The van der Waals surface area contributed by atoms with E-state index in [4.69, 9.17) is 9.56 Å². The van der Waals surface area contributed by atoms with E-state index in [0.717, 1.165) is 5.56 Å². The largest absolute Gasteiger partial charge is 0.467 e. The van der Waals surface area contributed by atoms with Gasteiger partial charge in [-0.2, -0.15) is 0 Å². The molecule has 0 radical (unpaired) electrons. The van der Waals surface area contributed by atoms with E-state index in [1.54, 1.807) is 18.4 Å². The Morgan fingerprint density at radius 2 is 1.91 bits per heavy atom. The van der Waals surface area contributed by atoms with Crippen molar-refractivity contribution in [1.82, 2.24) is 5.32 Å². The number of nitrogens with two attached hydrogens (primary N) is 1. The third kappa shape index (κ3) is 5.01. The van der Waals surface area contributed by atoms with Crippen LogP contribution in [-0.4, -0.2) is 20.1 Å². The number of hydrogen-bond donors (Lipinski definition) is 2. The molecule has 2 aromatic rings. The SMILES string of the molecule is NS(=O)(=O)CCCC(=O)NC(c1ccccc1)c1ccco1. The topological polar surface area (TPSA) is 102 Å². The monoisotopic (exact) mass is 322 g/mol. The second kappa shape index (κ2) is 7.24. The fourth-order valence-electron chi connectivity index (χ4n) is 2.09. The minimum absolute atomic E-state index is 0.0838. The van der Waals surface area contributed by atoms with Crippen molar-refractivity contribution in [2.45, 2.75) is 18.9 Å². The Morgan fingerprint density at radius 1 is 1.18 bits per heavy atom. The fraction of sp³-hybridized carbons (Fsp3) is 0.267. The number of hydrogen-bond acceptors (Lipinski definition) is 4. The van der Waals surface area contributed by atoms with Gasteiger partial charge in [-0.25, -0.2) is 13.6 Å². The lowest BCUT2D eigenvalue weighted by Gasteiger charge is -2.17. The Bertz CT molecular complexity index is 696. The number of amides is 1. The van der Waals surface area contributed by atoms with Crippen LogP contribution in [-0.2, 0) is 14.8 Å². The lowest BCUT2D eigenvalue weighted by atomic mass is 10.0. The molecule has 1 unspecified atom stereocenters. The molecule has 0 spiro atoms. The summed E-state index contributed by atoms with van der Waals surface area (Å²) in [7, 11) is -3.54. The number of nitrogens with one attached hydrogen (secondary N) is 1. The number of furan rings is 1. The highest BCUT2D eigenvalue weighted by Crippen LogP contribution is 2.22. The number of benzene rings is 1. The summed E-state index contributed by atoms with van der Waals surface area (Å²) in [5.74, 6) is 0.150. The molecule has 0 aliphatic carbocycles. The molecule has 22 heavy (non-hydrogen) atoms. The van der Waals surface area contributed by atoms with Gasteiger partial charge < -0.3 is 9.73 Å². The maximum absolute atomic E-state index is 12.0. The van der Waals surface area contributed by atoms with Gasteiger partial charge in [-0.3, -0.25) is 4.79 Å². The maximum atomic E-state index is 12.0. The minimum Gasteiger partial charge on any atom is -0.467 e. The molecule has 0 saturated heterocycles. The molecule has 118 valence electrons. The van der Waals surface area contributed by atoms with Crippen molar-refractivity contribution >= 4 is 15.9 Å². The third-order valence-corrected chi connectivity index (χ3v) is 3.96. The van der Waals surface area contributed by atoms with Crippen LogP contribution in [0.1, 0.15) is 30.2 Å². The second-order valence-corrected chi connectivity index (χ2v) is 6.63. The molecular formula is C15H18N2O4S. The summed E-state index contributed by atoms with van der Waals surface area (Å²) in [6.07, 6.45) is 1.81. The van der Waals surface area contributed by atoms with Gasteiger partial charge in [-0.05, 0) is 24.1 Å². The molecule has 1 aromatic carbocycles. The van der Waals surface area contributed by atoms with Gasteiger partial charge in [-0.1, -0.05) is 30.3 Å². The summed E-state index contributed by atoms with van der Waals surface area (Å²) in [5.41, 5.74) is 0.886. The normalized spacial score (nSPS) is 12.8. The highest BCUT2D eigenvalue weighted by Gasteiger charge is 2.19. The Labute approximate surface area is 129 Å². The molecule has 1 aromatic heterocycles. The van der Waals surface area contributed by atoms with E-state index in [0.29, 0.717) is 5.76 Å². The van der Waals surface area contributed by atoms with Gasteiger partial charge >= 0.3 is 0 Å². The van der Waals surface area contributed by atoms with E-state index < -0.39 is 16.1 Å². The van der Waals surface area contributed by atoms with Crippen molar-refractivity contribution in [2.75, 3.05) is 5.75 Å². The first-order valence-electron chi connectivity index (χ1n) is 6.84. The molecule has 7 heteroatoms. The third-order valence-electron chi connectivity index (χ3n) is 3.10. The quantitative estimate of drug-likeness (QED) is 0.807. The van der Waals surface area contributed by atoms with E-state index in [2.05, 4.69) is 5.32 Å². The highest BCUT2D eigenvalue weighted by molar-refractivity contribution is 7.89. The molecule has 0 aliphatic heterocycles. The minimum atomic E-state index is -3.54. The van der Waals surface area contributed by atoms with Crippen LogP contribution in [0.2, 0.25) is 0 Å². The molecule has 1 atom stereocenters. The summed E-state index contributed by atoms with van der Waals surface area (Å²) in [5, 5.41) is 7.77. The van der Waals surface area contributed by atoms with Crippen molar-refractivity contribution in [3.63, 3.8) is 0 Å². The zero-order valence-corrected chi connectivity index (χ0v) is 12.8. The Kier molecular flexibility index (Phi) is 5.35. The molecule has 3 N–H and O–H groups in total. The molecule has 6 nitrogen and oxygen atoms in total. The predicted molar refractivity (Wildman–Crippen MR) is 82.3 cm³/mol. The summed E-state index contributed by atoms with van der Waals surface area (Å²) in [6.45, 7) is 0. The van der Waals surface area contributed by atoms with Crippen LogP contribution >= 0.6 is 0 Å². The average molecular weight is 322 g/mol. The van der Waals surface area contributed by atoms with Gasteiger partial charge in [0.1, 0.15) is 11.8 Å². The predicted octanol–water partition coefficient (Wildman–Crippen LogP) is 1.55. The van der Waals surface area contributed by atoms with Gasteiger partial charge in [0.2, 0.25) is 15.9 Å². The molecule has 1 heterocycles. The van der Waals surface area contributed by atoms with Gasteiger partial charge in [0.05, 0.1) is 12.0 Å². The standard InChI is InChI=1S/C15H18N2O4S/c16-22(19,20)11-5-9-14(18)17-15(13-8-4-10-21-13)12-6-2-1-3-7-12/h1-4,6-8,10,15H,5,9,11H2,(H,17,18)(H2,16,19,20). The molecule has 2 rings (SSSR count). The summed E-state index contributed by atoms with van der Waals surface area (Å²) in [6, 6.07) is 12.5. The average Bonchev–Trinajstić information content (AvgIpc) is 2.98. The molecular weight excluding hydrogens is 304 g/mol. The van der Waals surface area contributed by atoms with Gasteiger partial charge in [0.25, 0.3) is 0 Å². The van der Waals surface area contributed by atoms with E-state index in [9.17, 15) is 13.2 Å². The van der Waals surface area contributed by atoms with E-state index in [1.807, 2.05) is 30.3 Å². The van der Waals surface area contributed by atoms with Gasteiger partial charge in [-0.15, -0.1) is 0 Å². The first kappa shape index (κ1) is 16.3. The van der Waals surface area contributed by atoms with Gasteiger partial charge in [0.15, 0.2) is 0 Å². The van der Waals surface area contributed by atoms with Crippen LogP contribution in [0.25, 0.3) is 0 Å². The van der Waals surface area contributed by atoms with Crippen molar-refractivity contribution in [3.05, 3.63) is 60.1 Å². The number of rotatable bonds is 7. The molecule has 0 aliphatic rings. The summed E-state index contributed by atoms with van der Waals surface area (Å²) in [4.78, 5) is 12.0. The Balaban J connectivity index is 2.03. The zero-order chi connectivity index (χ0) is 16.0. The van der Waals surface area contributed by atoms with Crippen LogP contribution in [0.3, 0.4) is 0 Å². The Morgan fingerprint density at radius 3 is 2.50 bits per heavy atom. The first-order valence-corrected chi connectivity index (χ1v) is 8.55. The van der Waals surface area contributed by atoms with Crippen molar-refractivity contribution in [3.8, 4) is 0 Å². The van der Waals surface area contributed by atoms with Crippen molar-refractivity contribution in [1.29, 1.82) is 0 Å². The van der Waals surface area contributed by atoms with Crippen LogP contribution in [0, 0.1) is 0 Å². The van der Waals surface area contributed by atoms with Crippen LogP contribution in [0.5, 0.6) is 0 Å². The highest BCUT2D eigenvalue weighted by atomic mass is 32.2. The number of carbonyl (C=O) groups excluding carboxylic acids is 1. The second-order valence-electron chi connectivity index (χ2n) is 4.90. The van der Waals surface area contributed by atoms with E-state index in [-0.39, 0.29) is 24.5 Å². The molecule has 0 fully saturated rings. The lowest BCUT2D eigenvalue weighted by Crippen LogP contribution is -2.29. The van der Waals surface area contributed by atoms with Crippen molar-refractivity contribution in [2.24, 2.45) is 5.14 Å². The summed E-state index contributed by atoms with van der Waals surface area (Å²) >= 11 is 0. The number of sulfonamides is 1. The first-order chi connectivity index (χ1) is 10.5. The lowest BCUT2D eigenvalue weighted by molar-refractivity contribution is -0.121. The molecule has 0 bridgehead atoms. The zero-order valence-electron chi connectivity index (χ0n) is 11.9. The smallest absolute Gasteiger partial charge is 0.220 e. The molecule has 0 saturated carbocycles. The van der Waals surface area contributed by atoms with Crippen LogP contribution in [0.4, 0.5) is 0 Å². The van der Waals surface area contributed by atoms with Crippen LogP contribution < -0.4 is 10.5 Å². The van der Waals surface area contributed by atoms with Gasteiger partial charge in [0, 0.05) is 6.42 Å². The maximum Gasteiger partial charge on any atom is 0.220 e.